The van der Waals surface area contributed by atoms with Gasteiger partial charge in [-0.05, 0) is 74.0 Å². The van der Waals surface area contributed by atoms with Gasteiger partial charge in [0.05, 0.1) is 6.10 Å². The molecule has 1 unspecified atom stereocenters. The number of ether oxygens (including phenoxy) is 1. The highest BCUT2D eigenvalue weighted by atomic mass is 16.5. The molecule has 2 saturated carbocycles. The predicted octanol–water partition coefficient (Wildman–Crippen LogP) is 3.68. The third-order valence-corrected chi connectivity index (χ3v) is 7.40. The summed E-state index contributed by atoms with van der Waals surface area (Å²) in [6, 6.07) is 2.30. The first-order valence-electron chi connectivity index (χ1n) is 9.02. The van der Waals surface area contributed by atoms with Gasteiger partial charge >= 0.3 is 0 Å². The Morgan fingerprint density at radius 3 is 2.91 bits per heavy atom. The molecule has 2 heteroatoms. The molecule has 22 heavy (non-hydrogen) atoms. The summed E-state index contributed by atoms with van der Waals surface area (Å²) in [5.74, 6) is 3.01. The van der Waals surface area contributed by atoms with Crippen molar-refractivity contribution in [2.24, 2.45) is 17.8 Å². The normalized spacial score (nSPS) is 44.5. The lowest BCUT2D eigenvalue weighted by Crippen LogP contribution is -2.62. The Labute approximate surface area is 132 Å². The summed E-state index contributed by atoms with van der Waals surface area (Å²) in [6.07, 6.45) is 5.98. The molecule has 1 aliphatic heterocycles. The molecule has 2 bridgehead atoms. The zero-order chi connectivity index (χ0) is 15.2. The molecule has 5 rings (SSSR count). The fourth-order valence-electron chi connectivity index (χ4n) is 6.54. The quantitative estimate of drug-likeness (QED) is 0.792. The molecule has 2 fully saturated rings. The van der Waals surface area contributed by atoms with Crippen LogP contribution in [0.5, 0.6) is 5.75 Å². The third kappa shape index (κ3) is 1.33. The molecule has 1 aromatic rings. The first kappa shape index (κ1) is 13.4. The van der Waals surface area contributed by atoms with E-state index < -0.39 is 0 Å². The fraction of sp³-hybridized carbons (Fsp3) is 0.700. The molecule has 4 aliphatic rings. The van der Waals surface area contributed by atoms with Crippen molar-refractivity contribution in [1.29, 1.82) is 0 Å². The van der Waals surface area contributed by atoms with Gasteiger partial charge < -0.3 is 9.84 Å². The van der Waals surface area contributed by atoms with Crippen LogP contribution in [0.2, 0.25) is 0 Å². The summed E-state index contributed by atoms with van der Waals surface area (Å²) in [6.45, 7) is 6.66. The van der Waals surface area contributed by atoms with Crippen LogP contribution in [-0.4, -0.2) is 17.3 Å². The minimum atomic E-state index is -0.312. The zero-order valence-corrected chi connectivity index (χ0v) is 13.9. The highest BCUT2D eigenvalue weighted by Gasteiger charge is 2.65. The Balaban J connectivity index is 1.83. The number of benzene rings is 1. The maximum Gasteiger partial charge on any atom is 0.135 e. The van der Waals surface area contributed by atoms with Crippen LogP contribution in [-0.2, 0) is 11.8 Å². The summed E-state index contributed by atoms with van der Waals surface area (Å²) in [5.41, 5.74) is 5.91. The largest absolute Gasteiger partial charge is 0.486 e. The molecule has 1 spiro atoms. The Bertz CT molecular complexity index is 664. The fourth-order valence-corrected chi connectivity index (χ4v) is 6.54. The second kappa shape index (κ2) is 4.08. The first-order chi connectivity index (χ1) is 10.5. The molecular weight excluding hydrogens is 272 g/mol. The second-order valence-electron chi connectivity index (χ2n) is 8.44. The van der Waals surface area contributed by atoms with Gasteiger partial charge in [0.2, 0.25) is 0 Å². The summed E-state index contributed by atoms with van der Waals surface area (Å²) in [7, 11) is 0. The van der Waals surface area contributed by atoms with Crippen molar-refractivity contribution in [3.8, 4) is 5.75 Å². The van der Waals surface area contributed by atoms with Crippen LogP contribution in [0, 0.1) is 31.6 Å². The van der Waals surface area contributed by atoms with Crippen LogP contribution in [0.4, 0.5) is 0 Å². The first-order valence-corrected chi connectivity index (χ1v) is 9.02. The number of hydrogen-bond donors (Lipinski definition) is 1. The Morgan fingerprint density at radius 2 is 2.09 bits per heavy atom. The molecular formula is C20H26O2. The van der Waals surface area contributed by atoms with Crippen molar-refractivity contribution in [3.63, 3.8) is 0 Å². The van der Waals surface area contributed by atoms with Crippen molar-refractivity contribution in [1.82, 2.24) is 0 Å². The van der Waals surface area contributed by atoms with E-state index in [9.17, 15) is 5.11 Å². The number of aryl methyl sites for hydroxylation is 2. The summed E-state index contributed by atoms with van der Waals surface area (Å²) < 4.78 is 6.50. The Morgan fingerprint density at radius 1 is 1.27 bits per heavy atom. The van der Waals surface area contributed by atoms with Crippen LogP contribution < -0.4 is 4.74 Å². The van der Waals surface area contributed by atoms with Gasteiger partial charge in [-0.25, -0.2) is 0 Å². The highest BCUT2D eigenvalue weighted by Crippen LogP contribution is 2.65. The maximum absolute atomic E-state index is 10.9. The second-order valence-corrected chi connectivity index (χ2v) is 8.44. The van der Waals surface area contributed by atoms with E-state index in [1.54, 1.807) is 5.56 Å². The monoisotopic (exact) mass is 298 g/mol. The van der Waals surface area contributed by atoms with E-state index in [0.717, 1.165) is 17.6 Å². The SMILES string of the molecule is Cc1cc(C)c2c3c1C[C@H]1CCC[C@@]34[C@@H](O2)C(O)[C@H](C)C[C@@H]14. The molecule has 1 N–H and O–H groups in total. The van der Waals surface area contributed by atoms with E-state index in [1.807, 2.05) is 0 Å². The number of hydrogen-bond acceptors (Lipinski definition) is 2. The molecule has 3 aliphatic carbocycles. The standard InChI is InChI=1S/C20H26O2/c1-10-7-12(3)18-16-14(10)9-13-5-4-6-20(16)15(13)8-11(2)17(21)19(20)22-18/h7,11,13,15,17,19,21H,4-6,8-9H2,1-3H3/t11-,13-,15+,17?,19+,20+/m1/s1. The number of aliphatic hydroxyl groups is 1. The van der Waals surface area contributed by atoms with Crippen LogP contribution in [0.15, 0.2) is 6.07 Å². The van der Waals surface area contributed by atoms with Gasteiger partial charge in [0, 0.05) is 11.0 Å². The molecule has 1 aromatic carbocycles. The predicted molar refractivity (Wildman–Crippen MR) is 86.3 cm³/mol. The summed E-state index contributed by atoms with van der Waals surface area (Å²) in [4.78, 5) is 0. The van der Waals surface area contributed by atoms with Gasteiger partial charge in [-0.1, -0.05) is 19.4 Å². The van der Waals surface area contributed by atoms with Crippen molar-refractivity contribution >= 4 is 0 Å². The van der Waals surface area contributed by atoms with E-state index in [0.29, 0.717) is 5.92 Å². The van der Waals surface area contributed by atoms with Crippen molar-refractivity contribution in [2.75, 3.05) is 0 Å². The lowest BCUT2D eigenvalue weighted by molar-refractivity contribution is -0.111. The topological polar surface area (TPSA) is 29.5 Å². The van der Waals surface area contributed by atoms with Crippen LogP contribution in [0.3, 0.4) is 0 Å². The molecule has 0 saturated heterocycles. The zero-order valence-electron chi connectivity index (χ0n) is 13.9. The minimum Gasteiger partial charge on any atom is -0.486 e. The summed E-state index contributed by atoms with van der Waals surface area (Å²) >= 11 is 0. The van der Waals surface area contributed by atoms with Crippen molar-refractivity contribution in [3.05, 3.63) is 28.3 Å². The van der Waals surface area contributed by atoms with E-state index in [4.69, 9.17) is 4.74 Å². The van der Waals surface area contributed by atoms with Gasteiger partial charge in [-0.2, -0.15) is 0 Å². The highest BCUT2D eigenvalue weighted by molar-refractivity contribution is 5.60. The Hall–Kier alpha value is -1.02. The molecule has 1 heterocycles. The van der Waals surface area contributed by atoms with Crippen LogP contribution >= 0.6 is 0 Å². The molecule has 0 amide bonds. The van der Waals surface area contributed by atoms with Crippen molar-refractivity contribution < 1.29 is 9.84 Å². The van der Waals surface area contributed by atoms with E-state index in [-0.39, 0.29) is 17.6 Å². The molecule has 0 radical (unpaired) electrons. The summed E-state index contributed by atoms with van der Waals surface area (Å²) in [5, 5.41) is 10.9. The number of rotatable bonds is 0. The average molecular weight is 298 g/mol. The average Bonchev–Trinajstić information content (AvgIpc) is 2.80. The van der Waals surface area contributed by atoms with Crippen LogP contribution in [0.1, 0.15) is 54.9 Å². The van der Waals surface area contributed by atoms with Gasteiger partial charge in [0.15, 0.2) is 0 Å². The molecule has 2 nitrogen and oxygen atoms in total. The smallest absolute Gasteiger partial charge is 0.135 e. The van der Waals surface area contributed by atoms with E-state index in [1.165, 1.54) is 48.8 Å². The minimum absolute atomic E-state index is 0.00130. The number of aliphatic hydroxyl groups excluding tert-OH is 1. The van der Waals surface area contributed by atoms with E-state index in [2.05, 4.69) is 26.8 Å². The lowest BCUT2D eigenvalue weighted by Gasteiger charge is -2.57. The maximum atomic E-state index is 10.9. The van der Waals surface area contributed by atoms with Gasteiger partial charge in [-0.3, -0.25) is 0 Å². The third-order valence-electron chi connectivity index (χ3n) is 7.40. The van der Waals surface area contributed by atoms with Gasteiger partial charge in [0.1, 0.15) is 11.9 Å². The molecule has 0 aromatic heterocycles. The van der Waals surface area contributed by atoms with Crippen LogP contribution in [0.25, 0.3) is 0 Å². The Kier molecular flexibility index (Phi) is 2.49. The van der Waals surface area contributed by atoms with Crippen molar-refractivity contribution in [2.45, 2.75) is 70.5 Å². The molecule has 6 atom stereocenters. The van der Waals surface area contributed by atoms with Gasteiger partial charge in [0.25, 0.3) is 0 Å². The lowest BCUT2D eigenvalue weighted by atomic mass is 9.46. The molecule has 118 valence electrons. The van der Waals surface area contributed by atoms with Gasteiger partial charge in [-0.15, -0.1) is 0 Å². The van der Waals surface area contributed by atoms with E-state index >= 15 is 0 Å².